The second kappa shape index (κ2) is 8.57. The molecule has 0 saturated heterocycles. The van der Waals surface area contributed by atoms with E-state index < -0.39 is 0 Å². The van der Waals surface area contributed by atoms with E-state index in [0.29, 0.717) is 0 Å². The summed E-state index contributed by atoms with van der Waals surface area (Å²) in [5.41, 5.74) is 7.26. The summed E-state index contributed by atoms with van der Waals surface area (Å²) in [6, 6.07) is 53.3. The van der Waals surface area contributed by atoms with Crippen LogP contribution in [-0.4, -0.2) is 9.13 Å². The predicted octanol–water partition coefficient (Wildman–Crippen LogP) is 11.4. The van der Waals surface area contributed by atoms with Crippen molar-refractivity contribution in [2.75, 3.05) is 0 Å². The number of benzene rings is 7. The molecule has 200 valence electrons. The second-order valence-electron chi connectivity index (χ2n) is 11.3. The van der Waals surface area contributed by atoms with Gasteiger partial charge in [0.1, 0.15) is 0 Å². The van der Waals surface area contributed by atoms with Gasteiger partial charge in [-0.25, -0.2) is 0 Å². The Morgan fingerprint density at radius 1 is 0.349 bits per heavy atom. The van der Waals surface area contributed by atoms with Crippen LogP contribution in [0.4, 0.5) is 0 Å². The van der Waals surface area contributed by atoms with E-state index >= 15 is 0 Å². The van der Waals surface area contributed by atoms with E-state index in [-0.39, 0.29) is 0 Å². The van der Waals surface area contributed by atoms with Crippen LogP contribution in [0.3, 0.4) is 0 Å². The Morgan fingerprint density at radius 2 is 0.930 bits per heavy atom. The van der Waals surface area contributed by atoms with Crippen molar-refractivity contribution in [3.63, 3.8) is 0 Å². The maximum Gasteiger partial charge on any atom is 0.0547 e. The molecule has 0 bridgehead atoms. The Morgan fingerprint density at radius 3 is 1.79 bits per heavy atom. The number of hydrogen-bond acceptors (Lipinski definition) is 1. The third kappa shape index (κ3) is 3.12. The van der Waals surface area contributed by atoms with E-state index in [1.165, 1.54) is 85.9 Å². The average Bonchev–Trinajstić information content (AvgIpc) is 3.72. The molecule has 3 heterocycles. The van der Waals surface area contributed by atoms with Gasteiger partial charge in [0.05, 0.1) is 22.1 Å². The Labute approximate surface area is 251 Å². The predicted molar refractivity (Wildman–Crippen MR) is 186 cm³/mol. The highest BCUT2D eigenvalue weighted by molar-refractivity contribution is 7.26. The lowest BCUT2D eigenvalue weighted by molar-refractivity contribution is 1.17. The minimum absolute atomic E-state index is 1.18. The summed E-state index contributed by atoms with van der Waals surface area (Å²) < 4.78 is 7.54. The lowest BCUT2D eigenvalue weighted by Crippen LogP contribution is -1.95. The van der Waals surface area contributed by atoms with Crippen molar-refractivity contribution in [3.8, 4) is 11.4 Å². The van der Waals surface area contributed by atoms with Gasteiger partial charge in [-0.3, -0.25) is 0 Å². The first kappa shape index (κ1) is 23.2. The maximum absolute atomic E-state index is 2.45. The molecule has 2 nitrogen and oxygen atoms in total. The molecule has 7 aromatic carbocycles. The molecule has 0 N–H and O–H groups in total. The monoisotopic (exact) mass is 564 g/mol. The van der Waals surface area contributed by atoms with Gasteiger partial charge < -0.3 is 9.13 Å². The van der Waals surface area contributed by atoms with Crippen LogP contribution < -0.4 is 0 Å². The average molecular weight is 565 g/mol. The molecular formula is C40H24N2S. The molecule has 0 aliphatic rings. The van der Waals surface area contributed by atoms with E-state index in [4.69, 9.17) is 0 Å². The van der Waals surface area contributed by atoms with Crippen LogP contribution in [-0.2, 0) is 0 Å². The van der Waals surface area contributed by atoms with Crippen molar-refractivity contribution in [3.05, 3.63) is 146 Å². The van der Waals surface area contributed by atoms with E-state index in [1.54, 1.807) is 0 Å². The van der Waals surface area contributed by atoms with Gasteiger partial charge in [0, 0.05) is 58.5 Å². The smallest absolute Gasteiger partial charge is 0.0547 e. The minimum atomic E-state index is 1.18. The molecule has 3 aromatic heterocycles. The van der Waals surface area contributed by atoms with Crippen LogP contribution in [0, 0.1) is 0 Å². The van der Waals surface area contributed by atoms with Crippen LogP contribution in [0.25, 0.3) is 85.9 Å². The number of hydrogen-bond donors (Lipinski definition) is 0. The number of nitrogens with zero attached hydrogens (tertiary/aromatic N) is 2. The van der Waals surface area contributed by atoms with Crippen LogP contribution >= 0.6 is 11.3 Å². The van der Waals surface area contributed by atoms with Crippen molar-refractivity contribution in [1.29, 1.82) is 0 Å². The summed E-state index contributed by atoms with van der Waals surface area (Å²) in [6.07, 6.45) is 0. The van der Waals surface area contributed by atoms with Crippen molar-refractivity contribution in [1.82, 2.24) is 9.13 Å². The molecule has 0 spiro atoms. The summed E-state index contributed by atoms with van der Waals surface area (Å²) in [6.45, 7) is 0. The number of fused-ring (bicyclic) bond motifs is 12. The standard InChI is InChI=1S/C40H24N2S/c1-2-10-25(11-3-1)41-34-15-7-4-12-27(34)33-24-26(18-22-36(33)41)42-35-16-8-5-14-32(35)39-29-19-20-30-28-13-6-9-17-38(28)43-40(30)31(29)21-23-37(39)42/h1-24H. The topological polar surface area (TPSA) is 9.86 Å². The van der Waals surface area contributed by atoms with Crippen LogP contribution in [0.2, 0.25) is 0 Å². The largest absolute Gasteiger partial charge is 0.309 e. The van der Waals surface area contributed by atoms with Crippen LogP contribution in [0.5, 0.6) is 0 Å². The summed E-state index contributed by atoms with van der Waals surface area (Å²) in [4.78, 5) is 0. The molecule has 3 heteroatoms. The van der Waals surface area contributed by atoms with Crippen LogP contribution in [0.15, 0.2) is 146 Å². The maximum atomic E-state index is 2.45. The molecule has 43 heavy (non-hydrogen) atoms. The summed E-state index contributed by atoms with van der Waals surface area (Å²) in [5.74, 6) is 0. The lowest BCUT2D eigenvalue weighted by Gasteiger charge is -2.10. The van der Waals surface area contributed by atoms with E-state index in [0.717, 1.165) is 0 Å². The first-order chi connectivity index (χ1) is 21.3. The summed E-state index contributed by atoms with van der Waals surface area (Å²) in [7, 11) is 0. The molecule has 0 aliphatic heterocycles. The zero-order chi connectivity index (χ0) is 28.1. The molecule has 10 aromatic rings. The van der Waals surface area contributed by atoms with E-state index in [2.05, 4.69) is 155 Å². The summed E-state index contributed by atoms with van der Waals surface area (Å²) in [5, 5.41) is 10.5. The van der Waals surface area contributed by atoms with Gasteiger partial charge in [-0.1, -0.05) is 91.0 Å². The fourth-order valence-corrected chi connectivity index (χ4v) is 8.52. The second-order valence-corrected chi connectivity index (χ2v) is 12.4. The van der Waals surface area contributed by atoms with Crippen LogP contribution in [0.1, 0.15) is 0 Å². The highest BCUT2D eigenvalue weighted by Crippen LogP contribution is 2.43. The Balaban J connectivity index is 1.29. The quantitative estimate of drug-likeness (QED) is 0.198. The lowest BCUT2D eigenvalue weighted by atomic mass is 10.0. The Hall–Kier alpha value is -5.38. The normalized spacial score (nSPS) is 12.2. The highest BCUT2D eigenvalue weighted by Gasteiger charge is 2.18. The number of aromatic nitrogens is 2. The third-order valence-electron chi connectivity index (χ3n) is 9.10. The van der Waals surface area contributed by atoms with Gasteiger partial charge in [-0.2, -0.15) is 0 Å². The zero-order valence-electron chi connectivity index (χ0n) is 23.2. The van der Waals surface area contributed by atoms with Crippen molar-refractivity contribution < 1.29 is 0 Å². The molecule has 0 aliphatic carbocycles. The van der Waals surface area contributed by atoms with Crippen molar-refractivity contribution in [2.45, 2.75) is 0 Å². The Kier molecular flexibility index (Phi) is 4.63. The third-order valence-corrected chi connectivity index (χ3v) is 10.3. The molecule has 0 saturated carbocycles. The first-order valence-corrected chi connectivity index (χ1v) is 15.5. The van der Waals surface area contributed by atoms with Gasteiger partial charge in [0.25, 0.3) is 0 Å². The highest BCUT2D eigenvalue weighted by atomic mass is 32.1. The molecule has 0 amide bonds. The van der Waals surface area contributed by atoms with E-state index in [1.807, 2.05) is 11.3 Å². The number of thiophene rings is 1. The van der Waals surface area contributed by atoms with Gasteiger partial charge in [0.2, 0.25) is 0 Å². The SMILES string of the molecule is c1ccc(-n2c3ccccc3c3cc(-n4c5ccccc5c5c6ccc7c8ccccc8sc7c6ccc54)ccc32)cc1. The van der Waals surface area contributed by atoms with E-state index in [9.17, 15) is 0 Å². The molecule has 0 atom stereocenters. The minimum Gasteiger partial charge on any atom is -0.309 e. The molecular weight excluding hydrogens is 541 g/mol. The number of para-hydroxylation sites is 3. The zero-order valence-corrected chi connectivity index (χ0v) is 24.0. The first-order valence-electron chi connectivity index (χ1n) is 14.7. The fraction of sp³-hybridized carbons (Fsp3) is 0. The Bertz CT molecular complexity index is 2720. The van der Waals surface area contributed by atoms with Gasteiger partial charge in [0.15, 0.2) is 0 Å². The fourth-order valence-electron chi connectivity index (χ4n) is 7.29. The molecule has 0 unspecified atom stereocenters. The van der Waals surface area contributed by atoms with Gasteiger partial charge in [-0.15, -0.1) is 11.3 Å². The van der Waals surface area contributed by atoms with Gasteiger partial charge >= 0.3 is 0 Å². The number of rotatable bonds is 2. The summed E-state index contributed by atoms with van der Waals surface area (Å²) >= 11 is 1.90. The van der Waals surface area contributed by atoms with Gasteiger partial charge in [-0.05, 0) is 60.0 Å². The molecule has 10 rings (SSSR count). The molecule has 0 fully saturated rings. The van der Waals surface area contributed by atoms with Crippen molar-refractivity contribution >= 4 is 85.9 Å². The molecule has 0 radical (unpaired) electrons. The van der Waals surface area contributed by atoms with Crippen molar-refractivity contribution in [2.24, 2.45) is 0 Å².